The largest absolute Gasteiger partial charge is 0.482 e. The Morgan fingerprint density at radius 3 is 2.37 bits per heavy atom. The molecule has 2 aromatic rings. The van der Waals surface area contributed by atoms with Gasteiger partial charge in [0.15, 0.2) is 16.4 Å². The van der Waals surface area contributed by atoms with E-state index in [1.807, 2.05) is 6.07 Å². The summed E-state index contributed by atoms with van der Waals surface area (Å²) in [5.74, 6) is -0.147. The number of amides is 1. The van der Waals surface area contributed by atoms with Gasteiger partial charge in [-0.2, -0.15) is 0 Å². The van der Waals surface area contributed by atoms with E-state index in [9.17, 15) is 13.2 Å². The zero-order chi connectivity index (χ0) is 19.6. The molecule has 1 amide bonds. The zero-order valence-corrected chi connectivity index (χ0v) is 17.2. The van der Waals surface area contributed by atoms with Crippen LogP contribution in [-0.4, -0.2) is 38.5 Å². The molecular weight excluding hydrogens is 433 g/mol. The van der Waals surface area contributed by atoms with Gasteiger partial charge in [-0.15, -0.1) is 0 Å². The van der Waals surface area contributed by atoms with E-state index < -0.39 is 15.9 Å². The average molecular weight is 449 g/mol. The van der Waals surface area contributed by atoms with Crippen LogP contribution in [0.15, 0.2) is 42.5 Å². The predicted molar refractivity (Wildman–Crippen MR) is 108 cm³/mol. The topological polar surface area (TPSA) is 63.7 Å². The Morgan fingerprint density at radius 1 is 1.07 bits per heavy atom. The Bertz CT molecular complexity index is 951. The molecule has 1 atom stereocenters. The Labute approximate surface area is 172 Å². The van der Waals surface area contributed by atoms with Gasteiger partial charge in [0.2, 0.25) is 0 Å². The summed E-state index contributed by atoms with van der Waals surface area (Å²) in [5.41, 5.74) is 0.619. The normalized spacial score (nSPS) is 18.3. The van der Waals surface area contributed by atoms with Crippen LogP contribution in [0.5, 0.6) is 5.75 Å². The van der Waals surface area contributed by atoms with Gasteiger partial charge in [0.25, 0.3) is 5.91 Å². The second kappa shape index (κ2) is 8.27. The maximum absolute atomic E-state index is 12.9. The molecule has 0 bridgehead atoms. The Kier molecular flexibility index (Phi) is 6.21. The number of para-hydroxylation sites is 1. The lowest BCUT2D eigenvalue weighted by molar-refractivity contribution is -0.121. The van der Waals surface area contributed by atoms with Crippen LogP contribution in [0.3, 0.4) is 0 Å². The number of carbonyl (C=O) groups excluding carboxylic acids is 1. The van der Waals surface area contributed by atoms with E-state index in [1.54, 1.807) is 24.3 Å². The molecule has 0 N–H and O–H groups in total. The maximum Gasteiger partial charge on any atom is 0.265 e. The second-order valence-electron chi connectivity index (χ2n) is 6.14. The molecule has 1 unspecified atom stereocenters. The molecule has 0 aromatic heterocycles. The lowest BCUT2D eigenvalue weighted by atomic mass is 10.2. The first kappa shape index (κ1) is 20.3. The van der Waals surface area contributed by atoms with Crippen molar-refractivity contribution in [3.05, 3.63) is 57.5 Å². The van der Waals surface area contributed by atoms with Gasteiger partial charge in [-0.25, -0.2) is 8.42 Å². The lowest BCUT2D eigenvalue weighted by Gasteiger charge is -2.28. The van der Waals surface area contributed by atoms with E-state index in [-0.39, 0.29) is 44.8 Å². The van der Waals surface area contributed by atoms with Crippen molar-refractivity contribution in [3.8, 4) is 5.75 Å². The highest BCUT2D eigenvalue weighted by molar-refractivity contribution is 7.91. The molecule has 9 heteroatoms. The molecule has 0 spiro atoms. The highest BCUT2D eigenvalue weighted by Gasteiger charge is 2.35. The van der Waals surface area contributed by atoms with Gasteiger partial charge in [-0.05, 0) is 24.6 Å². The molecule has 1 aliphatic rings. The number of anilines is 1. The molecule has 3 rings (SSSR count). The van der Waals surface area contributed by atoms with E-state index in [1.165, 1.54) is 17.0 Å². The first-order chi connectivity index (χ1) is 12.8. The first-order valence-corrected chi connectivity index (χ1v) is 11.1. The third-order valence-electron chi connectivity index (χ3n) is 4.20. The molecule has 27 heavy (non-hydrogen) atoms. The summed E-state index contributed by atoms with van der Waals surface area (Å²) in [6.07, 6.45) is 0.385. The van der Waals surface area contributed by atoms with E-state index >= 15 is 0 Å². The summed E-state index contributed by atoms with van der Waals surface area (Å²) in [5, 5.41) is 0.764. The molecule has 2 aromatic carbocycles. The van der Waals surface area contributed by atoms with Crippen molar-refractivity contribution in [2.24, 2.45) is 0 Å². The zero-order valence-electron chi connectivity index (χ0n) is 14.1. The molecule has 144 valence electrons. The maximum atomic E-state index is 12.9. The summed E-state index contributed by atoms with van der Waals surface area (Å²) < 4.78 is 29.3. The van der Waals surface area contributed by atoms with Crippen molar-refractivity contribution in [2.45, 2.75) is 12.5 Å². The van der Waals surface area contributed by atoms with Gasteiger partial charge in [0.05, 0.1) is 32.6 Å². The van der Waals surface area contributed by atoms with Crippen LogP contribution < -0.4 is 9.64 Å². The summed E-state index contributed by atoms with van der Waals surface area (Å²) in [4.78, 5) is 14.4. The molecular formula is C18H16Cl3NO4S. The number of ether oxygens (including phenoxy) is 1. The molecule has 0 aliphatic carbocycles. The molecule has 1 saturated heterocycles. The SMILES string of the molecule is O=C(COc1cc(Cl)c(Cl)cc1Cl)N(c1ccccc1)C1CCS(=O)(=O)C1. The molecule has 5 nitrogen and oxygen atoms in total. The van der Waals surface area contributed by atoms with Gasteiger partial charge in [0, 0.05) is 11.8 Å². The van der Waals surface area contributed by atoms with Crippen LogP contribution in [0.25, 0.3) is 0 Å². The van der Waals surface area contributed by atoms with Crippen LogP contribution >= 0.6 is 34.8 Å². The van der Waals surface area contributed by atoms with Crippen LogP contribution in [-0.2, 0) is 14.6 Å². The predicted octanol–water partition coefficient (Wildman–Crippen LogP) is 4.25. The number of nitrogens with zero attached hydrogens (tertiary/aromatic N) is 1. The number of halogens is 3. The van der Waals surface area contributed by atoms with Gasteiger partial charge >= 0.3 is 0 Å². The fourth-order valence-corrected chi connectivity index (χ4v) is 5.24. The summed E-state index contributed by atoms with van der Waals surface area (Å²) in [7, 11) is -3.15. The van der Waals surface area contributed by atoms with E-state index in [4.69, 9.17) is 39.5 Å². The van der Waals surface area contributed by atoms with Crippen LogP contribution in [0, 0.1) is 0 Å². The van der Waals surface area contributed by atoms with Gasteiger partial charge in [0.1, 0.15) is 5.75 Å². The van der Waals surface area contributed by atoms with E-state index in [2.05, 4.69) is 0 Å². The number of carbonyl (C=O) groups is 1. The van der Waals surface area contributed by atoms with Gasteiger partial charge < -0.3 is 9.64 Å². The third-order valence-corrected chi connectivity index (χ3v) is 6.97. The minimum Gasteiger partial charge on any atom is -0.482 e. The summed E-state index contributed by atoms with van der Waals surface area (Å²) >= 11 is 17.9. The van der Waals surface area contributed by atoms with Crippen molar-refractivity contribution < 1.29 is 17.9 Å². The van der Waals surface area contributed by atoms with Crippen molar-refractivity contribution in [1.29, 1.82) is 0 Å². The number of sulfone groups is 1. The smallest absolute Gasteiger partial charge is 0.265 e. The first-order valence-electron chi connectivity index (χ1n) is 8.12. The van der Waals surface area contributed by atoms with Crippen molar-refractivity contribution in [2.75, 3.05) is 23.0 Å². The molecule has 1 aliphatic heterocycles. The number of hydrogen-bond acceptors (Lipinski definition) is 4. The quantitative estimate of drug-likeness (QED) is 0.642. The fraction of sp³-hybridized carbons (Fsp3) is 0.278. The number of hydrogen-bond donors (Lipinski definition) is 0. The van der Waals surface area contributed by atoms with Crippen LogP contribution in [0.2, 0.25) is 15.1 Å². The third kappa shape index (κ3) is 4.88. The number of benzene rings is 2. The number of rotatable bonds is 5. The lowest BCUT2D eigenvalue weighted by Crippen LogP contribution is -2.43. The minimum atomic E-state index is -3.15. The fourth-order valence-electron chi connectivity index (χ4n) is 2.95. The highest BCUT2D eigenvalue weighted by atomic mass is 35.5. The van der Waals surface area contributed by atoms with E-state index in [0.717, 1.165) is 0 Å². The Morgan fingerprint density at radius 2 is 1.74 bits per heavy atom. The molecule has 0 radical (unpaired) electrons. The van der Waals surface area contributed by atoms with Crippen molar-refractivity contribution >= 4 is 56.2 Å². The van der Waals surface area contributed by atoms with Gasteiger partial charge in [-0.3, -0.25) is 4.79 Å². The monoisotopic (exact) mass is 447 g/mol. The molecule has 0 saturated carbocycles. The summed E-state index contributed by atoms with van der Waals surface area (Å²) in [6.45, 7) is -0.316. The van der Waals surface area contributed by atoms with Crippen molar-refractivity contribution in [1.82, 2.24) is 0 Å². The Balaban J connectivity index is 1.81. The van der Waals surface area contributed by atoms with Crippen LogP contribution in [0.4, 0.5) is 5.69 Å². The Hall–Kier alpha value is -1.47. The van der Waals surface area contributed by atoms with Crippen molar-refractivity contribution in [3.63, 3.8) is 0 Å². The summed E-state index contributed by atoms with van der Waals surface area (Å²) in [6, 6.07) is 11.4. The molecule has 1 fully saturated rings. The van der Waals surface area contributed by atoms with Gasteiger partial charge in [-0.1, -0.05) is 53.0 Å². The average Bonchev–Trinajstić information content (AvgIpc) is 2.97. The van der Waals surface area contributed by atoms with E-state index in [0.29, 0.717) is 12.1 Å². The van der Waals surface area contributed by atoms with Crippen LogP contribution in [0.1, 0.15) is 6.42 Å². The molecule has 1 heterocycles. The standard InChI is InChI=1S/C18H16Cl3NO4S/c19-14-8-16(21)17(9-15(14)20)26-10-18(23)22(12-4-2-1-3-5-12)13-6-7-27(24,25)11-13/h1-5,8-9,13H,6-7,10-11H2. The highest BCUT2D eigenvalue weighted by Crippen LogP contribution is 2.34. The second-order valence-corrected chi connectivity index (χ2v) is 9.59. The minimum absolute atomic E-state index is 0.0633.